The Morgan fingerprint density at radius 1 is 1.28 bits per heavy atom. The zero-order valence-electron chi connectivity index (χ0n) is 10.6. The third-order valence-corrected chi connectivity index (χ3v) is 3.74. The van der Waals surface area contributed by atoms with Crippen molar-refractivity contribution in [1.29, 1.82) is 0 Å². The quantitative estimate of drug-likeness (QED) is 0.877. The summed E-state index contributed by atoms with van der Waals surface area (Å²) in [5.74, 6) is -2.09. The van der Waals surface area contributed by atoms with Crippen molar-refractivity contribution in [2.75, 3.05) is 11.9 Å². The molecule has 1 aromatic rings. The van der Waals surface area contributed by atoms with E-state index in [-0.39, 0.29) is 5.91 Å². The Bertz CT molecular complexity index is 484. The maximum atomic E-state index is 12.3. The van der Waals surface area contributed by atoms with Crippen molar-refractivity contribution in [3.63, 3.8) is 0 Å². The number of carbonyl (C=O) groups excluding carboxylic acids is 1. The molecule has 0 spiro atoms. The van der Waals surface area contributed by atoms with E-state index in [0.29, 0.717) is 0 Å². The molecule has 1 saturated carbocycles. The molecule has 2 rings (SSSR count). The molecule has 1 aromatic heterocycles. The van der Waals surface area contributed by atoms with Crippen LogP contribution >= 0.6 is 0 Å². The molecule has 5 heteroatoms. The summed E-state index contributed by atoms with van der Waals surface area (Å²) < 4.78 is 0. The smallest absolute Gasteiger partial charge is 0.307 e. The van der Waals surface area contributed by atoms with Crippen molar-refractivity contribution < 1.29 is 14.7 Å². The lowest BCUT2D eigenvalue weighted by molar-refractivity contribution is -0.140. The fourth-order valence-electron chi connectivity index (χ4n) is 2.46. The van der Waals surface area contributed by atoms with Crippen molar-refractivity contribution in [3.8, 4) is 0 Å². The van der Waals surface area contributed by atoms with Gasteiger partial charge in [0.1, 0.15) is 0 Å². The Morgan fingerprint density at radius 3 is 2.28 bits per heavy atom. The van der Waals surface area contributed by atoms with Gasteiger partial charge in [-0.3, -0.25) is 14.6 Å². The van der Waals surface area contributed by atoms with Crippen LogP contribution in [0.3, 0.4) is 0 Å². The topological polar surface area (TPSA) is 70.5 Å². The highest BCUT2D eigenvalue weighted by molar-refractivity contribution is 6.01. The highest BCUT2D eigenvalue weighted by atomic mass is 16.4. The number of hydrogen-bond acceptors (Lipinski definition) is 3. The van der Waals surface area contributed by atoms with Crippen molar-refractivity contribution in [1.82, 2.24) is 4.98 Å². The molecule has 0 radical (unpaired) electrons. The molecule has 5 nitrogen and oxygen atoms in total. The zero-order valence-corrected chi connectivity index (χ0v) is 10.6. The second-order valence-corrected chi connectivity index (χ2v) is 5.22. The Labute approximate surface area is 105 Å². The number of nitrogens with zero attached hydrogens (tertiary/aromatic N) is 2. The number of rotatable bonds is 3. The monoisotopic (exact) mass is 248 g/mol. The highest BCUT2D eigenvalue weighted by Gasteiger charge is 2.66. The lowest BCUT2D eigenvalue weighted by Gasteiger charge is -2.17. The van der Waals surface area contributed by atoms with E-state index >= 15 is 0 Å². The summed E-state index contributed by atoms with van der Waals surface area (Å²) in [6.45, 7) is 3.63. The average molecular weight is 248 g/mol. The fraction of sp³-hybridized carbons (Fsp3) is 0.462. The van der Waals surface area contributed by atoms with Gasteiger partial charge in [-0.1, -0.05) is 13.8 Å². The van der Waals surface area contributed by atoms with Gasteiger partial charge in [-0.2, -0.15) is 0 Å². The fourth-order valence-corrected chi connectivity index (χ4v) is 2.46. The molecule has 1 aliphatic rings. The maximum Gasteiger partial charge on any atom is 0.307 e. The van der Waals surface area contributed by atoms with Gasteiger partial charge in [0.05, 0.1) is 11.8 Å². The zero-order chi connectivity index (χ0) is 13.5. The number of carbonyl (C=O) groups is 2. The van der Waals surface area contributed by atoms with Crippen LogP contribution in [-0.4, -0.2) is 29.0 Å². The van der Waals surface area contributed by atoms with Crippen LogP contribution in [0.15, 0.2) is 24.5 Å². The van der Waals surface area contributed by atoms with Crippen LogP contribution in [-0.2, 0) is 9.59 Å². The largest absolute Gasteiger partial charge is 0.481 e. The van der Waals surface area contributed by atoms with Crippen LogP contribution < -0.4 is 4.90 Å². The first-order valence-corrected chi connectivity index (χ1v) is 5.77. The van der Waals surface area contributed by atoms with Gasteiger partial charge in [0.15, 0.2) is 0 Å². The van der Waals surface area contributed by atoms with Crippen LogP contribution in [0.25, 0.3) is 0 Å². The molecule has 2 atom stereocenters. The van der Waals surface area contributed by atoms with Gasteiger partial charge < -0.3 is 10.0 Å². The molecule has 0 aromatic carbocycles. The number of carboxylic acids is 1. The molecule has 1 fully saturated rings. The summed E-state index contributed by atoms with van der Waals surface area (Å²) >= 11 is 0. The van der Waals surface area contributed by atoms with Gasteiger partial charge in [-0.05, 0) is 17.5 Å². The molecule has 0 bridgehead atoms. The van der Waals surface area contributed by atoms with Crippen molar-refractivity contribution in [3.05, 3.63) is 24.5 Å². The maximum absolute atomic E-state index is 12.3. The lowest BCUT2D eigenvalue weighted by Crippen LogP contribution is -2.29. The Hall–Kier alpha value is -1.91. The lowest BCUT2D eigenvalue weighted by atomic mass is 10.1. The van der Waals surface area contributed by atoms with Crippen LogP contribution in [0.5, 0.6) is 0 Å². The summed E-state index contributed by atoms with van der Waals surface area (Å²) in [5.41, 5.74) is 0.256. The van der Waals surface area contributed by atoms with E-state index in [1.165, 1.54) is 4.90 Å². The minimum absolute atomic E-state index is 0.154. The number of aromatic nitrogens is 1. The van der Waals surface area contributed by atoms with Gasteiger partial charge in [0.2, 0.25) is 5.91 Å². The van der Waals surface area contributed by atoms with Gasteiger partial charge >= 0.3 is 5.97 Å². The van der Waals surface area contributed by atoms with Gasteiger partial charge in [0, 0.05) is 25.1 Å². The van der Waals surface area contributed by atoms with Crippen LogP contribution in [0.1, 0.15) is 13.8 Å². The van der Waals surface area contributed by atoms with E-state index in [9.17, 15) is 9.59 Å². The summed E-state index contributed by atoms with van der Waals surface area (Å²) in [7, 11) is 1.66. The molecular weight excluding hydrogens is 232 g/mol. The number of aliphatic carboxylic acids is 1. The van der Waals surface area contributed by atoms with E-state index in [2.05, 4.69) is 4.98 Å². The van der Waals surface area contributed by atoms with E-state index in [1.54, 1.807) is 31.6 Å². The van der Waals surface area contributed by atoms with E-state index in [0.717, 1.165) is 5.69 Å². The summed E-state index contributed by atoms with van der Waals surface area (Å²) in [5, 5.41) is 9.08. The average Bonchev–Trinajstić information content (AvgIpc) is 2.92. The molecule has 0 saturated heterocycles. The Morgan fingerprint density at radius 2 is 1.83 bits per heavy atom. The highest BCUT2D eigenvalue weighted by Crippen LogP contribution is 2.59. The Balaban J connectivity index is 2.17. The third-order valence-electron chi connectivity index (χ3n) is 3.74. The SMILES string of the molecule is CN(C(=O)C1C(C(=O)O)C1(C)C)c1ccncc1. The van der Waals surface area contributed by atoms with Gasteiger partial charge in [-0.15, -0.1) is 0 Å². The van der Waals surface area contributed by atoms with Gasteiger partial charge in [0.25, 0.3) is 0 Å². The number of pyridine rings is 1. The first-order valence-electron chi connectivity index (χ1n) is 5.77. The number of amides is 1. The third kappa shape index (κ3) is 1.85. The molecule has 1 aliphatic carbocycles. The van der Waals surface area contributed by atoms with E-state index in [1.807, 2.05) is 13.8 Å². The summed E-state index contributed by atoms with van der Waals surface area (Å²) in [4.78, 5) is 28.7. The predicted octanol–water partition coefficient (Wildman–Crippen LogP) is 1.40. The number of hydrogen-bond donors (Lipinski definition) is 1. The molecule has 1 amide bonds. The molecule has 18 heavy (non-hydrogen) atoms. The second kappa shape index (κ2) is 4.08. The molecule has 2 unspecified atom stereocenters. The second-order valence-electron chi connectivity index (χ2n) is 5.22. The minimum atomic E-state index is -0.901. The number of carboxylic acid groups (broad SMARTS) is 1. The van der Waals surface area contributed by atoms with Crippen molar-refractivity contribution in [2.24, 2.45) is 17.3 Å². The predicted molar refractivity (Wildman–Crippen MR) is 66.0 cm³/mol. The van der Waals surface area contributed by atoms with Crippen molar-refractivity contribution >= 4 is 17.6 Å². The summed E-state index contributed by atoms with van der Waals surface area (Å²) in [6.07, 6.45) is 3.21. The normalized spacial score (nSPS) is 24.4. The van der Waals surface area contributed by atoms with Crippen LogP contribution in [0, 0.1) is 17.3 Å². The molecule has 96 valence electrons. The van der Waals surface area contributed by atoms with E-state index in [4.69, 9.17) is 5.11 Å². The van der Waals surface area contributed by atoms with Gasteiger partial charge in [-0.25, -0.2) is 0 Å². The van der Waals surface area contributed by atoms with Crippen LogP contribution in [0.2, 0.25) is 0 Å². The standard InChI is InChI=1S/C13H16N2O3/c1-13(2)9(10(13)12(17)18)11(16)15(3)8-4-6-14-7-5-8/h4-7,9-10H,1-3H3,(H,17,18). The van der Waals surface area contributed by atoms with Crippen molar-refractivity contribution in [2.45, 2.75) is 13.8 Å². The molecule has 1 N–H and O–H groups in total. The first-order chi connectivity index (χ1) is 8.37. The molecular formula is C13H16N2O3. The molecule has 0 aliphatic heterocycles. The first kappa shape index (κ1) is 12.5. The number of anilines is 1. The minimum Gasteiger partial charge on any atom is -0.481 e. The Kier molecular flexibility index (Phi) is 2.84. The molecule has 1 heterocycles. The van der Waals surface area contributed by atoms with Crippen LogP contribution in [0.4, 0.5) is 5.69 Å². The van der Waals surface area contributed by atoms with E-state index < -0.39 is 23.2 Å². The summed E-state index contributed by atoms with van der Waals surface area (Å²) in [6, 6.07) is 3.45.